The molecule has 0 aliphatic rings. The third-order valence-corrected chi connectivity index (χ3v) is 7.52. The van der Waals surface area contributed by atoms with Crippen molar-refractivity contribution in [3.63, 3.8) is 0 Å². The number of para-hydroxylation sites is 1. The van der Waals surface area contributed by atoms with Gasteiger partial charge in [0, 0.05) is 29.1 Å². The molecule has 0 radical (unpaired) electrons. The van der Waals surface area contributed by atoms with Crippen molar-refractivity contribution in [1.82, 2.24) is 14.9 Å². The summed E-state index contributed by atoms with van der Waals surface area (Å²) in [5, 5.41) is 4.40. The van der Waals surface area contributed by atoms with Crippen molar-refractivity contribution in [1.29, 1.82) is 0 Å². The molecular weight excluding hydrogens is 510 g/mol. The Bertz CT molecular complexity index is 1490. The molecule has 1 amide bonds. The molecule has 0 saturated carbocycles. The second-order valence-corrected chi connectivity index (χ2v) is 10.3. The Morgan fingerprint density at radius 2 is 1.37 bits per heavy atom. The fourth-order valence-electron chi connectivity index (χ4n) is 4.31. The second-order valence-electron chi connectivity index (χ2n) is 8.79. The lowest BCUT2D eigenvalue weighted by molar-refractivity contribution is 0.0953. The molecule has 4 aromatic carbocycles. The van der Waals surface area contributed by atoms with Crippen LogP contribution in [0.25, 0.3) is 28.2 Å². The number of halogens is 1. The first-order chi connectivity index (χ1) is 18.7. The lowest BCUT2D eigenvalue weighted by Gasteiger charge is -2.13. The molecule has 0 aliphatic carbocycles. The number of imidazole rings is 1. The van der Waals surface area contributed by atoms with E-state index >= 15 is 0 Å². The molecule has 0 bridgehead atoms. The Hall–Kier alpha value is -3.80. The van der Waals surface area contributed by atoms with E-state index in [0.717, 1.165) is 52.0 Å². The number of hydrogen-bond acceptors (Lipinski definition) is 3. The molecule has 0 saturated heterocycles. The maximum atomic E-state index is 12.4. The van der Waals surface area contributed by atoms with Gasteiger partial charge in [0.15, 0.2) is 5.16 Å². The molecule has 6 heteroatoms. The first-order valence-electron chi connectivity index (χ1n) is 12.7. The van der Waals surface area contributed by atoms with E-state index in [-0.39, 0.29) is 5.91 Å². The van der Waals surface area contributed by atoms with Gasteiger partial charge in [-0.2, -0.15) is 0 Å². The summed E-state index contributed by atoms with van der Waals surface area (Å²) < 4.78 is 2.27. The molecule has 0 unspecified atom stereocenters. The lowest BCUT2D eigenvalue weighted by Crippen LogP contribution is -2.24. The predicted octanol–water partition coefficient (Wildman–Crippen LogP) is 8.16. The van der Waals surface area contributed by atoms with Crippen molar-refractivity contribution < 1.29 is 4.79 Å². The maximum Gasteiger partial charge on any atom is 0.252 e. The van der Waals surface area contributed by atoms with Gasteiger partial charge in [-0.3, -0.25) is 9.36 Å². The van der Waals surface area contributed by atoms with Gasteiger partial charge in [-0.1, -0.05) is 114 Å². The Labute approximate surface area is 232 Å². The highest BCUT2D eigenvalue weighted by Gasteiger charge is 2.21. The molecule has 0 aliphatic heterocycles. The van der Waals surface area contributed by atoms with Gasteiger partial charge in [0.1, 0.15) is 0 Å². The lowest BCUT2D eigenvalue weighted by atomic mass is 10.0. The number of thioether (sulfide) groups is 1. The van der Waals surface area contributed by atoms with Crippen LogP contribution in [0.2, 0.25) is 5.02 Å². The highest BCUT2D eigenvalue weighted by atomic mass is 35.5. The third kappa shape index (κ3) is 6.01. The number of carbonyl (C=O) groups is 1. The van der Waals surface area contributed by atoms with E-state index in [0.29, 0.717) is 17.1 Å². The number of benzene rings is 4. The van der Waals surface area contributed by atoms with Crippen molar-refractivity contribution in [3.8, 4) is 28.2 Å². The molecule has 0 spiro atoms. The standard InChI is InChI=1S/C32H28ClN3OS/c33-28-21-11-10-20-27(28)31(37)34-22-12-13-23-38-32-35-29(24-14-4-1-5-15-24)30(25-16-6-2-7-17-25)36(32)26-18-8-3-9-19-26/h1-11,14-21H,12-13,22-23H2,(H,34,37). The summed E-state index contributed by atoms with van der Waals surface area (Å²) in [6.45, 7) is 0.599. The number of carbonyl (C=O) groups excluding carboxylic acids is 1. The van der Waals surface area contributed by atoms with Gasteiger partial charge in [-0.05, 0) is 37.1 Å². The van der Waals surface area contributed by atoms with E-state index in [1.54, 1.807) is 23.9 Å². The van der Waals surface area contributed by atoms with Crippen LogP contribution < -0.4 is 5.32 Å². The van der Waals surface area contributed by atoms with Crippen LogP contribution in [0.15, 0.2) is 120 Å². The number of nitrogens with one attached hydrogen (secondary N) is 1. The average molecular weight is 538 g/mol. The fraction of sp³-hybridized carbons (Fsp3) is 0.125. The minimum Gasteiger partial charge on any atom is -0.352 e. The topological polar surface area (TPSA) is 46.9 Å². The first kappa shape index (κ1) is 25.8. The van der Waals surface area contributed by atoms with Crippen LogP contribution in [0.3, 0.4) is 0 Å². The van der Waals surface area contributed by atoms with Crippen molar-refractivity contribution in [2.75, 3.05) is 12.3 Å². The molecule has 5 aromatic rings. The first-order valence-corrected chi connectivity index (χ1v) is 14.0. The van der Waals surface area contributed by atoms with Gasteiger partial charge in [0.2, 0.25) is 0 Å². The summed E-state index contributed by atoms with van der Waals surface area (Å²) in [4.78, 5) is 17.6. The number of amides is 1. The molecule has 5 rings (SSSR count). The predicted molar refractivity (Wildman–Crippen MR) is 158 cm³/mol. The summed E-state index contributed by atoms with van der Waals surface area (Å²) >= 11 is 7.89. The second kappa shape index (κ2) is 12.6. The van der Waals surface area contributed by atoms with Gasteiger partial charge in [-0.15, -0.1) is 0 Å². The molecule has 1 aromatic heterocycles. The van der Waals surface area contributed by atoms with Crippen molar-refractivity contribution >= 4 is 29.3 Å². The SMILES string of the molecule is O=C(NCCCCSc1nc(-c2ccccc2)c(-c2ccccc2)n1-c1ccccc1)c1ccccc1Cl. The Balaban J connectivity index is 1.35. The summed E-state index contributed by atoms with van der Waals surface area (Å²) in [6.07, 6.45) is 1.81. The van der Waals surface area contributed by atoms with Gasteiger partial charge in [-0.25, -0.2) is 4.98 Å². The largest absolute Gasteiger partial charge is 0.352 e. The van der Waals surface area contributed by atoms with Gasteiger partial charge in [0.05, 0.1) is 22.0 Å². The molecule has 38 heavy (non-hydrogen) atoms. The van der Waals surface area contributed by atoms with Gasteiger partial charge < -0.3 is 5.32 Å². The molecule has 0 atom stereocenters. The molecule has 1 N–H and O–H groups in total. The number of unbranched alkanes of at least 4 members (excludes halogenated alkanes) is 1. The molecule has 0 fully saturated rings. The fourth-order valence-corrected chi connectivity index (χ4v) is 5.54. The third-order valence-electron chi connectivity index (χ3n) is 6.16. The van der Waals surface area contributed by atoms with Gasteiger partial charge >= 0.3 is 0 Å². The van der Waals surface area contributed by atoms with Gasteiger partial charge in [0.25, 0.3) is 5.91 Å². The summed E-state index contributed by atoms with van der Waals surface area (Å²) in [5.41, 5.74) is 5.85. The van der Waals surface area contributed by atoms with E-state index in [2.05, 4.69) is 82.7 Å². The van der Waals surface area contributed by atoms with E-state index < -0.39 is 0 Å². The summed E-state index contributed by atoms with van der Waals surface area (Å²) in [6, 6.07) is 38.3. The highest BCUT2D eigenvalue weighted by molar-refractivity contribution is 7.99. The van der Waals surface area contributed by atoms with Crippen LogP contribution in [0.5, 0.6) is 0 Å². The minimum atomic E-state index is -0.136. The number of hydrogen-bond donors (Lipinski definition) is 1. The van der Waals surface area contributed by atoms with Crippen molar-refractivity contribution in [3.05, 3.63) is 126 Å². The summed E-state index contributed by atoms with van der Waals surface area (Å²) in [5.74, 6) is 0.747. The Kier molecular flexibility index (Phi) is 8.59. The number of rotatable bonds is 10. The zero-order valence-corrected chi connectivity index (χ0v) is 22.5. The van der Waals surface area contributed by atoms with Crippen LogP contribution in [0.1, 0.15) is 23.2 Å². The summed E-state index contributed by atoms with van der Waals surface area (Å²) in [7, 11) is 0. The smallest absolute Gasteiger partial charge is 0.252 e. The van der Waals surface area contributed by atoms with E-state index in [1.165, 1.54) is 0 Å². The molecular formula is C32H28ClN3OS. The monoisotopic (exact) mass is 537 g/mol. The van der Waals surface area contributed by atoms with Crippen molar-refractivity contribution in [2.24, 2.45) is 0 Å². The quantitative estimate of drug-likeness (QED) is 0.144. The van der Waals surface area contributed by atoms with Crippen LogP contribution in [-0.2, 0) is 0 Å². The van der Waals surface area contributed by atoms with Crippen LogP contribution in [0, 0.1) is 0 Å². The van der Waals surface area contributed by atoms with E-state index in [1.807, 2.05) is 30.3 Å². The van der Waals surface area contributed by atoms with Crippen LogP contribution in [-0.4, -0.2) is 27.8 Å². The maximum absolute atomic E-state index is 12.4. The Morgan fingerprint density at radius 1 is 0.763 bits per heavy atom. The minimum absolute atomic E-state index is 0.136. The Morgan fingerprint density at radius 3 is 2.05 bits per heavy atom. The van der Waals surface area contributed by atoms with E-state index in [4.69, 9.17) is 16.6 Å². The van der Waals surface area contributed by atoms with Crippen LogP contribution in [0.4, 0.5) is 0 Å². The molecule has 1 heterocycles. The van der Waals surface area contributed by atoms with Crippen molar-refractivity contribution in [2.45, 2.75) is 18.0 Å². The zero-order valence-electron chi connectivity index (χ0n) is 20.9. The molecule has 190 valence electrons. The number of aromatic nitrogens is 2. The average Bonchev–Trinajstić information content (AvgIpc) is 3.36. The highest BCUT2D eigenvalue weighted by Crippen LogP contribution is 2.38. The zero-order chi connectivity index (χ0) is 26.2. The molecule has 4 nitrogen and oxygen atoms in total. The van der Waals surface area contributed by atoms with E-state index in [9.17, 15) is 4.79 Å². The normalized spacial score (nSPS) is 10.9. The van der Waals surface area contributed by atoms with Crippen LogP contribution >= 0.6 is 23.4 Å². The number of nitrogens with zero attached hydrogens (tertiary/aromatic N) is 2.